The monoisotopic (exact) mass is 325 g/mol. The average molecular weight is 326 g/mol. The number of aromatic nitrogens is 1. The zero-order chi connectivity index (χ0) is 16.9. The first-order valence-corrected chi connectivity index (χ1v) is 10.2. The molecule has 2 aromatic rings. The minimum atomic E-state index is 1.11. The van der Waals surface area contributed by atoms with E-state index in [-0.39, 0.29) is 0 Å². The van der Waals surface area contributed by atoms with Crippen molar-refractivity contribution in [2.75, 3.05) is 0 Å². The van der Waals surface area contributed by atoms with Crippen molar-refractivity contribution in [1.29, 1.82) is 0 Å². The summed E-state index contributed by atoms with van der Waals surface area (Å²) in [6, 6.07) is 10.9. The Morgan fingerprint density at radius 3 is 2.00 bits per heavy atom. The fraction of sp³-hybridized carbons (Fsp3) is 0.609. The highest BCUT2D eigenvalue weighted by Gasteiger charge is 1.98. The van der Waals surface area contributed by atoms with Crippen LogP contribution in [0.2, 0.25) is 0 Å². The van der Waals surface area contributed by atoms with E-state index < -0.39 is 0 Å². The molecular formula is C23H35N. The number of rotatable bonds is 13. The Balaban J connectivity index is 1.46. The van der Waals surface area contributed by atoms with Gasteiger partial charge in [0.05, 0.1) is 5.52 Å². The summed E-state index contributed by atoms with van der Waals surface area (Å²) >= 11 is 0. The molecule has 0 N–H and O–H groups in total. The van der Waals surface area contributed by atoms with Crippen molar-refractivity contribution in [3.05, 3.63) is 42.1 Å². The SMILES string of the molecule is CCCCCCCCCCCCCCc1ccc2ncccc2c1. The van der Waals surface area contributed by atoms with Crippen molar-refractivity contribution in [2.45, 2.75) is 90.4 Å². The van der Waals surface area contributed by atoms with Crippen LogP contribution in [0.25, 0.3) is 10.9 Å². The van der Waals surface area contributed by atoms with E-state index in [9.17, 15) is 0 Å². The Morgan fingerprint density at radius 2 is 1.33 bits per heavy atom. The highest BCUT2D eigenvalue weighted by molar-refractivity contribution is 5.78. The lowest BCUT2D eigenvalue weighted by molar-refractivity contribution is 0.544. The number of hydrogen-bond acceptors (Lipinski definition) is 1. The van der Waals surface area contributed by atoms with Gasteiger partial charge in [0.2, 0.25) is 0 Å². The molecular weight excluding hydrogens is 290 g/mol. The molecule has 0 fully saturated rings. The summed E-state index contributed by atoms with van der Waals surface area (Å²) in [5.41, 5.74) is 2.57. The van der Waals surface area contributed by atoms with Gasteiger partial charge in [-0.05, 0) is 36.6 Å². The van der Waals surface area contributed by atoms with E-state index in [0.717, 1.165) is 5.52 Å². The van der Waals surface area contributed by atoms with Gasteiger partial charge in [0.25, 0.3) is 0 Å². The molecule has 0 spiro atoms. The fourth-order valence-electron chi connectivity index (χ4n) is 3.45. The minimum Gasteiger partial charge on any atom is -0.256 e. The highest BCUT2D eigenvalue weighted by Crippen LogP contribution is 2.16. The van der Waals surface area contributed by atoms with Crippen LogP contribution in [0.3, 0.4) is 0 Å². The highest BCUT2D eigenvalue weighted by atomic mass is 14.6. The van der Waals surface area contributed by atoms with Gasteiger partial charge in [0.15, 0.2) is 0 Å². The third kappa shape index (κ3) is 7.47. The van der Waals surface area contributed by atoms with Crippen molar-refractivity contribution in [3.63, 3.8) is 0 Å². The van der Waals surface area contributed by atoms with Gasteiger partial charge in [0.1, 0.15) is 0 Å². The van der Waals surface area contributed by atoms with Crippen LogP contribution in [0.4, 0.5) is 0 Å². The lowest BCUT2D eigenvalue weighted by Gasteiger charge is -2.04. The third-order valence-corrected chi connectivity index (χ3v) is 4.99. The number of fused-ring (bicyclic) bond motifs is 1. The Kier molecular flexibility index (Phi) is 9.53. The maximum absolute atomic E-state index is 4.39. The molecule has 0 radical (unpaired) electrons. The summed E-state index contributed by atoms with van der Waals surface area (Å²) in [5.74, 6) is 0. The van der Waals surface area contributed by atoms with Gasteiger partial charge in [-0.2, -0.15) is 0 Å². The molecule has 0 aliphatic rings. The first-order valence-electron chi connectivity index (χ1n) is 10.2. The molecule has 132 valence electrons. The zero-order valence-corrected chi connectivity index (χ0v) is 15.6. The fourth-order valence-corrected chi connectivity index (χ4v) is 3.45. The van der Waals surface area contributed by atoms with Gasteiger partial charge in [-0.25, -0.2) is 0 Å². The topological polar surface area (TPSA) is 12.9 Å². The Morgan fingerprint density at radius 1 is 0.708 bits per heavy atom. The summed E-state index contributed by atoms with van der Waals surface area (Å²) in [5, 5.41) is 1.27. The van der Waals surface area contributed by atoms with Gasteiger partial charge in [-0.3, -0.25) is 4.98 Å². The molecule has 0 saturated carbocycles. The molecule has 24 heavy (non-hydrogen) atoms. The molecule has 0 aliphatic heterocycles. The minimum absolute atomic E-state index is 1.11. The van der Waals surface area contributed by atoms with Crippen LogP contribution in [0.1, 0.15) is 89.5 Å². The van der Waals surface area contributed by atoms with E-state index in [4.69, 9.17) is 0 Å². The molecule has 0 amide bonds. The largest absolute Gasteiger partial charge is 0.256 e. The van der Waals surface area contributed by atoms with Crippen LogP contribution in [0.5, 0.6) is 0 Å². The van der Waals surface area contributed by atoms with E-state index in [1.165, 1.54) is 94.4 Å². The van der Waals surface area contributed by atoms with Crippen molar-refractivity contribution in [1.82, 2.24) is 4.98 Å². The molecule has 1 heterocycles. The van der Waals surface area contributed by atoms with Crippen LogP contribution < -0.4 is 0 Å². The van der Waals surface area contributed by atoms with Gasteiger partial charge >= 0.3 is 0 Å². The van der Waals surface area contributed by atoms with E-state index in [1.54, 1.807) is 0 Å². The second kappa shape index (κ2) is 12.1. The maximum Gasteiger partial charge on any atom is 0.0702 e. The summed E-state index contributed by atoms with van der Waals surface area (Å²) in [7, 11) is 0. The molecule has 1 heteroatoms. The predicted molar refractivity (Wildman–Crippen MR) is 107 cm³/mol. The van der Waals surface area contributed by atoms with Crippen LogP contribution >= 0.6 is 0 Å². The summed E-state index contributed by atoms with van der Waals surface area (Å²) in [4.78, 5) is 4.39. The Labute approximate surface area is 148 Å². The molecule has 0 bridgehead atoms. The smallest absolute Gasteiger partial charge is 0.0702 e. The number of aryl methyl sites for hydroxylation is 1. The van der Waals surface area contributed by atoms with Gasteiger partial charge < -0.3 is 0 Å². The van der Waals surface area contributed by atoms with E-state index >= 15 is 0 Å². The number of unbranched alkanes of at least 4 members (excludes halogenated alkanes) is 11. The average Bonchev–Trinajstić information content (AvgIpc) is 2.62. The molecule has 0 aliphatic carbocycles. The van der Waals surface area contributed by atoms with E-state index in [0.29, 0.717) is 0 Å². The van der Waals surface area contributed by atoms with Crippen LogP contribution in [0, 0.1) is 0 Å². The number of benzene rings is 1. The number of hydrogen-bond donors (Lipinski definition) is 0. The first kappa shape index (κ1) is 19.0. The normalized spacial score (nSPS) is 11.2. The zero-order valence-electron chi connectivity index (χ0n) is 15.6. The quantitative estimate of drug-likeness (QED) is 0.348. The first-order chi connectivity index (χ1) is 11.9. The van der Waals surface area contributed by atoms with Crippen LogP contribution in [-0.2, 0) is 6.42 Å². The van der Waals surface area contributed by atoms with Crippen molar-refractivity contribution in [3.8, 4) is 0 Å². The van der Waals surface area contributed by atoms with Gasteiger partial charge in [-0.1, -0.05) is 89.7 Å². The number of nitrogens with zero attached hydrogens (tertiary/aromatic N) is 1. The van der Waals surface area contributed by atoms with Crippen LogP contribution in [-0.4, -0.2) is 4.98 Å². The Bertz CT molecular complexity index is 561. The summed E-state index contributed by atoms with van der Waals surface area (Å²) in [6.07, 6.45) is 20.1. The molecule has 0 unspecified atom stereocenters. The number of pyridine rings is 1. The molecule has 2 rings (SSSR count). The Hall–Kier alpha value is -1.37. The second-order valence-corrected chi connectivity index (χ2v) is 7.17. The second-order valence-electron chi connectivity index (χ2n) is 7.17. The van der Waals surface area contributed by atoms with Crippen molar-refractivity contribution < 1.29 is 0 Å². The summed E-state index contributed by atoms with van der Waals surface area (Å²) in [6.45, 7) is 2.29. The van der Waals surface area contributed by atoms with Crippen LogP contribution in [0.15, 0.2) is 36.5 Å². The molecule has 1 nitrogen and oxygen atoms in total. The maximum atomic E-state index is 4.39. The lowest BCUT2D eigenvalue weighted by atomic mass is 10.0. The van der Waals surface area contributed by atoms with Crippen molar-refractivity contribution >= 4 is 10.9 Å². The predicted octanol–water partition coefficient (Wildman–Crippen LogP) is 7.48. The van der Waals surface area contributed by atoms with E-state index in [1.807, 2.05) is 12.3 Å². The molecule has 0 atom stereocenters. The summed E-state index contributed by atoms with van der Waals surface area (Å²) < 4.78 is 0. The molecule has 0 saturated heterocycles. The van der Waals surface area contributed by atoms with Crippen molar-refractivity contribution in [2.24, 2.45) is 0 Å². The molecule has 1 aromatic heterocycles. The van der Waals surface area contributed by atoms with Gasteiger partial charge in [0, 0.05) is 11.6 Å². The standard InChI is InChI=1S/C23H35N/c1-2-3-4-5-6-7-8-9-10-11-12-13-15-21-17-18-23-22(20-21)16-14-19-24-23/h14,16-20H,2-13,15H2,1H3. The van der Waals surface area contributed by atoms with Gasteiger partial charge in [-0.15, -0.1) is 0 Å². The lowest BCUT2D eigenvalue weighted by Crippen LogP contribution is -1.88. The van der Waals surface area contributed by atoms with E-state index in [2.05, 4.69) is 36.2 Å². The third-order valence-electron chi connectivity index (χ3n) is 4.99. The molecule has 1 aromatic carbocycles.